The number of hydrogen-bond donors (Lipinski definition) is 1. The molecule has 1 N–H and O–H groups in total. The van der Waals surface area contributed by atoms with E-state index in [0.717, 1.165) is 0 Å². The van der Waals surface area contributed by atoms with E-state index in [1.165, 1.54) is 7.11 Å². The van der Waals surface area contributed by atoms with Crippen molar-refractivity contribution in [2.24, 2.45) is 0 Å². The van der Waals surface area contributed by atoms with E-state index in [1.807, 2.05) is 6.07 Å². The molecule has 0 fully saturated rings. The van der Waals surface area contributed by atoms with E-state index in [9.17, 15) is 9.59 Å². The van der Waals surface area contributed by atoms with E-state index in [0.29, 0.717) is 16.9 Å². The number of carbonyl (C=O) groups excluding carboxylic acids is 2. The molecule has 0 saturated carbocycles. The molecule has 0 saturated heterocycles. The monoisotopic (exact) mass is 325 g/mol. The van der Waals surface area contributed by atoms with Gasteiger partial charge in [-0.15, -0.1) is 0 Å². The summed E-state index contributed by atoms with van der Waals surface area (Å²) in [7, 11) is 2.84. The molecule has 124 valence electrons. The molecule has 0 aliphatic carbocycles. The van der Waals surface area contributed by atoms with Crippen LogP contribution in [0.3, 0.4) is 0 Å². The summed E-state index contributed by atoms with van der Waals surface area (Å²) < 4.78 is 9.86. The number of nitrogens with one attached hydrogen (secondary N) is 1. The number of amides is 1. The van der Waals surface area contributed by atoms with E-state index < -0.39 is 12.0 Å². The molecule has 2 rings (SSSR count). The zero-order valence-corrected chi connectivity index (χ0v) is 13.6. The maximum absolute atomic E-state index is 12.4. The molecule has 1 atom stereocenters. The highest BCUT2D eigenvalue weighted by Crippen LogP contribution is 2.24. The quantitative estimate of drug-likeness (QED) is 0.655. The van der Waals surface area contributed by atoms with Crippen molar-refractivity contribution in [1.82, 2.24) is 5.32 Å². The maximum Gasteiger partial charge on any atom is 0.335 e. The van der Waals surface area contributed by atoms with Crippen molar-refractivity contribution >= 4 is 11.9 Å². The maximum atomic E-state index is 12.4. The number of carbonyl (C=O) groups is 2. The molecule has 0 heterocycles. The molecule has 0 radical (unpaired) electrons. The van der Waals surface area contributed by atoms with E-state index in [1.54, 1.807) is 55.6 Å². The fourth-order valence-electron chi connectivity index (χ4n) is 2.22. The smallest absolute Gasteiger partial charge is 0.335 e. The molecule has 2 aromatic rings. The van der Waals surface area contributed by atoms with Crippen molar-refractivity contribution in [3.8, 4) is 5.75 Å². The summed E-state index contributed by atoms with van der Waals surface area (Å²) in [6.07, 6.45) is 0. The van der Waals surface area contributed by atoms with Gasteiger partial charge in [0.2, 0.25) is 0 Å². The van der Waals surface area contributed by atoms with Gasteiger partial charge in [-0.1, -0.05) is 36.9 Å². The zero-order valence-electron chi connectivity index (χ0n) is 13.6. The first-order chi connectivity index (χ1) is 11.6. The van der Waals surface area contributed by atoms with Gasteiger partial charge in [0.05, 0.1) is 25.8 Å². The van der Waals surface area contributed by atoms with Crippen LogP contribution in [0.2, 0.25) is 0 Å². The second-order valence-corrected chi connectivity index (χ2v) is 5.06. The Hall–Kier alpha value is -3.08. The number of rotatable bonds is 6. The fraction of sp³-hybridized carbons (Fsp3) is 0.158. The SMILES string of the molecule is C=C(C(=O)OC)C(NC(=O)c1ccccc1)c1ccc(OC)cc1. The Balaban J connectivity index is 2.30. The summed E-state index contributed by atoms with van der Waals surface area (Å²) in [6.45, 7) is 3.77. The molecule has 0 spiro atoms. The van der Waals surface area contributed by atoms with Crippen molar-refractivity contribution in [2.75, 3.05) is 14.2 Å². The van der Waals surface area contributed by atoms with Gasteiger partial charge < -0.3 is 14.8 Å². The normalized spacial score (nSPS) is 11.2. The van der Waals surface area contributed by atoms with Crippen LogP contribution in [0.4, 0.5) is 0 Å². The highest BCUT2D eigenvalue weighted by atomic mass is 16.5. The summed E-state index contributed by atoms with van der Waals surface area (Å²) in [4.78, 5) is 24.3. The summed E-state index contributed by atoms with van der Waals surface area (Å²) in [5.41, 5.74) is 1.34. The Labute approximate surface area is 140 Å². The third kappa shape index (κ3) is 4.01. The number of esters is 1. The molecule has 1 unspecified atom stereocenters. The van der Waals surface area contributed by atoms with Gasteiger partial charge in [0.1, 0.15) is 5.75 Å². The third-order valence-electron chi connectivity index (χ3n) is 3.56. The predicted molar refractivity (Wildman–Crippen MR) is 90.8 cm³/mol. The number of benzene rings is 2. The van der Waals surface area contributed by atoms with E-state index in [-0.39, 0.29) is 11.5 Å². The summed E-state index contributed by atoms with van der Waals surface area (Å²) in [5.74, 6) is -0.207. The van der Waals surface area contributed by atoms with E-state index in [2.05, 4.69) is 11.9 Å². The highest BCUT2D eigenvalue weighted by Gasteiger charge is 2.24. The average molecular weight is 325 g/mol. The van der Waals surface area contributed by atoms with Gasteiger partial charge in [0, 0.05) is 5.56 Å². The molecule has 2 aromatic carbocycles. The van der Waals surface area contributed by atoms with Crippen LogP contribution in [0.1, 0.15) is 22.0 Å². The summed E-state index contributed by atoms with van der Waals surface area (Å²) in [6, 6.07) is 15.1. The topological polar surface area (TPSA) is 64.6 Å². The van der Waals surface area contributed by atoms with Gasteiger partial charge in [-0.3, -0.25) is 4.79 Å². The number of ether oxygens (including phenoxy) is 2. The van der Waals surface area contributed by atoms with E-state index >= 15 is 0 Å². The van der Waals surface area contributed by atoms with E-state index in [4.69, 9.17) is 9.47 Å². The second-order valence-electron chi connectivity index (χ2n) is 5.06. The zero-order chi connectivity index (χ0) is 17.5. The molecular weight excluding hydrogens is 306 g/mol. The van der Waals surface area contributed by atoms with Crippen LogP contribution in [-0.2, 0) is 9.53 Å². The van der Waals surface area contributed by atoms with Crippen LogP contribution in [0.25, 0.3) is 0 Å². The van der Waals surface area contributed by atoms with Gasteiger partial charge in [-0.25, -0.2) is 4.79 Å². The Bertz CT molecular complexity index is 723. The van der Waals surface area contributed by atoms with Gasteiger partial charge in [-0.2, -0.15) is 0 Å². The van der Waals surface area contributed by atoms with Gasteiger partial charge in [0.25, 0.3) is 5.91 Å². The molecule has 5 nitrogen and oxygen atoms in total. The minimum Gasteiger partial charge on any atom is -0.497 e. The molecule has 0 aliphatic heterocycles. The third-order valence-corrected chi connectivity index (χ3v) is 3.56. The van der Waals surface area contributed by atoms with Gasteiger partial charge >= 0.3 is 5.97 Å². The van der Waals surface area contributed by atoms with Crippen LogP contribution in [0, 0.1) is 0 Å². The second kappa shape index (κ2) is 7.97. The lowest BCUT2D eigenvalue weighted by Gasteiger charge is -2.20. The Morgan fingerprint density at radius 1 is 1.00 bits per heavy atom. The predicted octanol–water partition coefficient (Wildman–Crippen LogP) is 2.90. The lowest BCUT2D eigenvalue weighted by molar-refractivity contribution is -0.136. The molecule has 0 aliphatic rings. The lowest BCUT2D eigenvalue weighted by atomic mass is 9.99. The number of methoxy groups -OCH3 is 2. The number of hydrogen-bond acceptors (Lipinski definition) is 4. The van der Waals surface area contributed by atoms with Crippen molar-refractivity contribution < 1.29 is 19.1 Å². The van der Waals surface area contributed by atoms with Crippen LogP contribution < -0.4 is 10.1 Å². The van der Waals surface area contributed by atoms with Crippen LogP contribution in [-0.4, -0.2) is 26.1 Å². The standard InChI is InChI=1S/C19H19NO4/c1-13(19(22)24-3)17(14-9-11-16(23-2)12-10-14)20-18(21)15-7-5-4-6-8-15/h4-12,17H,1H2,2-3H3,(H,20,21). The Morgan fingerprint density at radius 3 is 2.17 bits per heavy atom. The van der Waals surface area contributed by atoms with Crippen molar-refractivity contribution in [2.45, 2.75) is 6.04 Å². The van der Waals surface area contributed by atoms with Crippen molar-refractivity contribution in [3.63, 3.8) is 0 Å². The van der Waals surface area contributed by atoms with Gasteiger partial charge in [0.15, 0.2) is 0 Å². The summed E-state index contributed by atoms with van der Waals surface area (Å²) in [5, 5.41) is 2.82. The molecule has 1 amide bonds. The summed E-state index contributed by atoms with van der Waals surface area (Å²) >= 11 is 0. The Morgan fingerprint density at radius 2 is 1.62 bits per heavy atom. The molecule has 5 heteroatoms. The average Bonchev–Trinajstić information content (AvgIpc) is 2.65. The lowest BCUT2D eigenvalue weighted by Crippen LogP contribution is -2.32. The van der Waals surface area contributed by atoms with Crippen molar-refractivity contribution in [3.05, 3.63) is 77.9 Å². The minimum atomic E-state index is -0.698. The molecule has 0 aromatic heterocycles. The molecule has 24 heavy (non-hydrogen) atoms. The largest absolute Gasteiger partial charge is 0.497 e. The minimum absolute atomic E-state index is 0.145. The highest BCUT2D eigenvalue weighted by molar-refractivity contribution is 5.96. The molecule has 0 bridgehead atoms. The van der Waals surface area contributed by atoms with Gasteiger partial charge in [-0.05, 0) is 29.8 Å². The van der Waals surface area contributed by atoms with Crippen molar-refractivity contribution in [1.29, 1.82) is 0 Å². The Kier molecular flexibility index (Phi) is 5.73. The van der Waals surface area contributed by atoms with Crippen LogP contribution in [0.15, 0.2) is 66.7 Å². The molecular formula is C19H19NO4. The van der Waals surface area contributed by atoms with Crippen LogP contribution in [0.5, 0.6) is 5.75 Å². The first-order valence-corrected chi connectivity index (χ1v) is 7.33. The fourth-order valence-corrected chi connectivity index (χ4v) is 2.22. The van der Waals surface area contributed by atoms with Crippen LogP contribution >= 0.6 is 0 Å². The first-order valence-electron chi connectivity index (χ1n) is 7.33. The first kappa shape index (κ1) is 17.3.